The third-order valence-corrected chi connectivity index (χ3v) is 4.05. The predicted molar refractivity (Wildman–Crippen MR) is 105 cm³/mol. The molecule has 5 heteroatoms. The number of anilines is 4. The van der Waals surface area contributed by atoms with Crippen molar-refractivity contribution in [2.24, 2.45) is 0 Å². The maximum Gasteiger partial charge on any atom is 0.119 e. The highest BCUT2D eigenvalue weighted by Crippen LogP contribution is 2.33. The third-order valence-electron chi connectivity index (χ3n) is 4.05. The van der Waals surface area contributed by atoms with E-state index in [4.69, 9.17) is 9.47 Å². The van der Waals surface area contributed by atoms with Crippen molar-refractivity contribution in [3.8, 4) is 11.5 Å². The van der Waals surface area contributed by atoms with E-state index in [9.17, 15) is 5.11 Å². The topological polar surface area (TPSA) is 62.8 Å². The standard InChI is InChI=1S/C21H22N2O3/c1-25-18-10-6-16(7-11-18)22-20-5-3-4-15(14-24)21(20)23-17-8-12-19(26-2)13-9-17/h3-13,22-24H,14H2,1-2H3. The number of methoxy groups -OCH3 is 2. The maximum absolute atomic E-state index is 9.73. The van der Waals surface area contributed by atoms with E-state index in [2.05, 4.69) is 10.6 Å². The lowest BCUT2D eigenvalue weighted by atomic mass is 10.1. The average Bonchev–Trinajstić information content (AvgIpc) is 2.70. The molecule has 5 nitrogen and oxygen atoms in total. The second-order valence-electron chi connectivity index (χ2n) is 5.70. The summed E-state index contributed by atoms with van der Waals surface area (Å²) in [4.78, 5) is 0. The fourth-order valence-corrected chi connectivity index (χ4v) is 2.63. The van der Waals surface area contributed by atoms with Gasteiger partial charge in [0.05, 0.1) is 32.2 Å². The van der Waals surface area contributed by atoms with Gasteiger partial charge in [-0.1, -0.05) is 12.1 Å². The van der Waals surface area contributed by atoms with Gasteiger partial charge in [0, 0.05) is 16.9 Å². The molecule has 3 N–H and O–H groups in total. The Kier molecular flexibility index (Phi) is 5.61. The van der Waals surface area contributed by atoms with E-state index in [1.165, 1.54) is 0 Å². The van der Waals surface area contributed by atoms with Gasteiger partial charge in [-0.3, -0.25) is 0 Å². The van der Waals surface area contributed by atoms with E-state index in [0.717, 1.165) is 39.8 Å². The van der Waals surface area contributed by atoms with Gasteiger partial charge >= 0.3 is 0 Å². The van der Waals surface area contributed by atoms with Gasteiger partial charge in [-0.2, -0.15) is 0 Å². The Morgan fingerprint density at radius 2 is 1.27 bits per heavy atom. The summed E-state index contributed by atoms with van der Waals surface area (Å²) < 4.78 is 10.4. The van der Waals surface area contributed by atoms with Gasteiger partial charge in [0.2, 0.25) is 0 Å². The quantitative estimate of drug-likeness (QED) is 0.577. The molecular weight excluding hydrogens is 328 g/mol. The van der Waals surface area contributed by atoms with E-state index in [-0.39, 0.29) is 6.61 Å². The van der Waals surface area contributed by atoms with Crippen molar-refractivity contribution in [1.29, 1.82) is 0 Å². The molecule has 0 amide bonds. The minimum Gasteiger partial charge on any atom is -0.497 e. The van der Waals surface area contributed by atoms with Crippen LogP contribution in [0.4, 0.5) is 22.7 Å². The summed E-state index contributed by atoms with van der Waals surface area (Å²) in [6, 6.07) is 21.1. The van der Waals surface area contributed by atoms with Crippen LogP contribution in [0.15, 0.2) is 66.7 Å². The van der Waals surface area contributed by atoms with E-state index in [0.29, 0.717) is 0 Å². The van der Waals surface area contributed by atoms with E-state index in [1.807, 2.05) is 66.7 Å². The Morgan fingerprint density at radius 1 is 0.731 bits per heavy atom. The van der Waals surface area contributed by atoms with E-state index >= 15 is 0 Å². The molecule has 0 saturated carbocycles. The van der Waals surface area contributed by atoms with Gasteiger partial charge in [0.15, 0.2) is 0 Å². The van der Waals surface area contributed by atoms with Crippen LogP contribution in [0, 0.1) is 0 Å². The summed E-state index contributed by atoms with van der Waals surface area (Å²) in [6.45, 7) is -0.0589. The van der Waals surface area contributed by atoms with Crippen molar-refractivity contribution < 1.29 is 14.6 Å². The molecule has 0 fully saturated rings. The molecule has 3 rings (SSSR count). The summed E-state index contributed by atoms with van der Waals surface area (Å²) in [6.07, 6.45) is 0. The van der Waals surface area contributed by atoms with Crippen LogP contribution in [0.5, 0.6) is 11.5 Å². The number of aliphatic hydroxyl groups excluding tert-OH is 1. The van der Waals surface area contributed by atoms with Gasteiger partial charge in [-0.05, 0) is 54.6 Å². The largest absolute Gasteiger partial charge is 0.497 e. The van der Waals surface area contributed by atoms with Crippen LogP contribution >= 0.6 is 0 Å². The normalized spacial score (nSPS) is 10.3. The Hall–Kier alpha value is -3.18. The number of rotatable bonds is 7. The predicted octanol–water partition coefficient (Wildman–Crippen LogP) is 4.68. The molecule has 0 aliphatic rings. The summed E-state index contributed by atoms with van der Waals surface area (Å²) >= 11 is 0. The van der Waals surface area contributed by atoms with Gasteiger partial charge < -0.3 is 25.2 Å². The van der Waals surface area contributed by atoms with E-state index in [1.54, 1.807) is 14.2 Å². The maximum atomic E-state index is 9.73. The Balaban J connectivity index is 1.89. The molecule has 0 aromatic heterocycles. The van der Waals surface area contributed by atoms with Crippen molar-refractivity contribution in [3.05, 3.63) is 72.3 Å². The smallest absolute Gasteiger partial charge is 0.119 e. The molecule has 0 aliphatic heterocycles. The molecule has 3 aromatic carbocycles. The lowest BCUT2D eigenvalue weighted by molar-refractivity contribution is 0.282. The Labute approximate surface area is 153 Å². The molecule has 26 heavy (non-hydrogen) atoms. The van der Waals surface area contributed by atoms with Gasteiger partial charge in [-0.15, -0.1) is 0 Å². The summed E-state index contributed by atoms with van der Waals surface area (Å²) in [7, 11) is 3.28. The number of benzene rings is 3. The van der Waals surface area contributed by atoms with Crippen LogP contribution in [0.3, 0.4) is 0 Å². The zero-order valence-corrected chi connectivity index (χ0v) is 14.8. The highest BCUT2D eigenvalue weighted by atomic mass is 16.5. The zero-order chi connectivity index (χ0) is 18.4. The lowest BCUT2D eigenvalue weighted by Crippen LogP contribution is -2.01. The highest BCUT2D eigenvalue weighted by Gasteiger charge is 2.09. The second kappa shape index (κ2) is 8.27. The van der Waals surface area contributed by atoms with Crippen molar-refractivity contribution in [3.63, 3.8) is 0 Å². The van der Waals surface area contributed by atoms with E-state index < -0.39 is 0 Å². The molecule has 0 saturated heterocycles. The number of hydrogen-bond acceptors (Lipinski definition) is 5. The fraction of sp³-hybridized carbons (Fsp3) is 0.143. The monoisotopic (exact) mass is 350 g/mol. The van der Waals surface area contributed by atoms with Crippen LogP contribution in [0.2, 0.25) is 0 Å². The zero-order valence-electron chi connectivity index (χ0n) is 14.8. The van der Waals surface area contributed by atoms with Crippen LogP contribution in [0.1, 0.15) is 5.56 Å². The first-order valence-corrected chi connectivity index (χ1v) is 8.28. The minimum absolute atomic E-state index is 0.0589. The van der Waals surface area contributed by atoms with Crippen molar-refractivity contribution in [1.82, 2.24) is 0 Å². The molecule has 0 heterocycles. The van der Waals surface area contributed by atoms with Gasteiger partial charge in [0.1, 0.15) is 11.5 Å². The SMILES string of the molecule is COc1ccc(Nc2cccc(CO)c2Nc2ccc(OC)cc2)cc1. The number of hydrogen-bond donors (Lipinski definition) is 3. The van der Waals surface area contributed by atoms with Crippen LogP contribution in [0.25, 0.3) is 0 Å². The molecule has 134 valence electrons. The summed E-state index contributed by atoms with van der Waals surface area (Å²) in [5.74, 6) is 1.60. The highest BCUT2D eigenvalue weighted by molar-refractivity contribution is 5.81. The molecule has 0 aliphatic carbocycles. The summed E-state index contributed by atoms with van der Waals surface area (Å²) in [5, 5.41) is 16.5. The third kappa shape index (κ3) is 4.07. The van der Waals surface area contributed by atoms with Crippen molar-refractivity contribution in [2.75, 3.05) is 24.9 Å². The molecule has 3 aromatic rings. The molecular formula is C21H22N2O3. The first-order valence-electron chi connectivity index (χ1n) is 8.28. The Bertz CT molecular complexity index is 846. The first-order chi connectivity index (χ1) is 12.7. The molecule has 0 unspecified atom stereocenters. The Morgan fingerprint density at radius 3 is 1.77 bits per heavy atom. The number of ether oxygens (including phenoxy) is 2. The number of nitrogens with one attached hydrogen (secondary N) is 2. The molecule has 0 radical (unpaired) electrons. The number of para-hydroxylation sites is 1. The fourth-order valence-electron chi connectivity index (χ4n) is 2.63. The van der Waals surface area contributed by atoms with Crippen LogP contribution < -0.4 is 20.1 Å². The van der Waals surface area contributed by atoms with Crippen molar-refractivity contribution >= 4 is 22.7 Å². The second-order valence-corrected chi connectivity index (χ2v) is 5.70. The number of aliphatic hydroxyl groups is 1. The minimum atomic E-state index is -0.0589. The first kappa shape index (κ1) is 17.6. The molecule has 0 spiro atoms. The van der Waals surface area contributed by atoms with Crippen LogP contribution in [-0.4, -0.2) is 19.3 Å². The summed E-state index contributed by atoms with van der Waals surface area (Å²) in [5.41, 5.74) is 4.34. The lowest BCUT2D eigenvalue weighted by Gasteiger charge is -2.17. The molecule has 0 bridgehead atoms. The van der Waals surface area contributed by atoms with Crippen LogP contribution in [-0.2, 0) is 6.61 Å². The van der Waals surface area contributed by atoms with Gasteiger partial charge in [0.25, 0.3) is 0 Å². The van der Waals surface area contributed by atoms with Crippen molar-refractivity contribution in [2.45, 2.75) is 6.61 Å². The average molecular weight is 350 g/mol. The molecule has 0 atom stereocenters. The van der Waals surface area contributed by atoms with Gasteiger partial charge in [-0.25, -0.2) is 0 Å².